The van der Waals surface area contributed by atoms with Crippen molar-refractivity contribution in [3.05, 3.63) is 52.6 Å². The molecule has 0 saturated carbocycles. The van der Waals surface area contributed by atoms with Gasteiger partial charge >= 0.3 is 0 Å². The van der Waals surface area contributed by atoms with Crippen molar-refractivity contribution in [1.82, 2.24) is 10.6 Å². The van der Waals surface area contributed by atoms with E-state index in [1.165, 1.54) is 0 Å². The largest absolute Gasteiger partial charge is 0.367 e. The first-order valence-corrected chi connectivity index (χ1v) is 11.7. The van der Waals surface area contributed by atoms with Gasteiger partial charge in [0.25, 0.3) is 15.9 Å². The minimum absolute atomic E-state index is 0.229. The van der Waals surface area contributed by atoms with Crippen LogP contribution in [0.2, 0.25) is 0 Å². The van der Waals surface area contributed by atoms with Crippen molar-refractivity contribution in [2.24, 2.45) is 0 Å². The maximum Gasteiger partial charge on any atom is 0.262 e. The van der Waals surface area contributed by atoms with Gasteiger partial charge in [0.2, 0.25) is 0 Å². The molecule has 0 aliphatic carbocycles. The van der Waals surface area contributed by atoms with Crippen molar-refractivity contribution >= 4 is 27.3 Å². The van der Waals surface area contributed by atoms with E-state index < -0.39 is 10.0 Å². The first kappa shape index (κ1) is 22.1. The zero-order chi connectivity index (χ0) is 21.9. The van der Waals surface area contributed by atoms with E-state index in [2.05, 4.69) is 20.3 Å². The highest BCUT2D eigenvalue weighted by molar-refractivity contribution is 7.92. The Balaban J connectivity index is 2.04. The van der Waals surface area contributed by atoms with E-state index in [0.29, 0.717) is 23.4 Å². The molecule has 1 amide bonds. The normalized spacial score (nSPS) is 14.5. The molecular weight excluding hydrogens is 400 g/mol. The zero-order valence-corrected chi connectivity index (χ0v) is 18.8. The molecule has 1 fully saturated rings. The molecule has 30 heavy (non-hydrogen) atoms. The summed E-state index contributed by atoms with van der Waals surface area (Å²) in [4.78, 5) is 14.7. The van der Waals surface area contributed by atoms with Crippen molar-refractivity contribution in [2.45, 2.75) is 32.6 Å². The molecule has 3 rings (SSSR count). The SMILES string of the molecule is CCNC(=O)c1ccc(N2CCNCC2)c(NS(=O)(=O)c2cc(C)c(C)cc2C)c1. The molecule has 1 aliphatic heterocycles. The van der Waals surface area contributed by atoms with Crippen LogP contribution in [-0.2, 0) is 10.0 Å². The van der Waals surface area contributed by atoms with Crippen molar-refractivity contribution in [3.8, 4) is 0 Å². The Kier molecular flexibility index (Phi) is 6.67. The van der Waals surface area contributed by atoms with E-state index in [-0.39, 0.29) is 10.8 Å². The van der Waals surface area contributed by atoms with Crippen LogP contribution in [0.5, 0.6) is 0 Å². The molecule has 0 bridgehead atoms. The van der Waals surface area contributed by atoms with Crippen LogP contribution in [0.4, 0.5) is 11.4 Å². The van der Waals surface area contributed by atoms with Crippen molar-refractivity contribution in [1.29, 1.82) is 0 Å². The number of hydrogen-bond donors (Lipinski definition) is 3. The Morgan fingerprint density at radius 1 is 1.03 bits per heavy atom. The van der Waals surface area contributed by atoms with Gasteiger partial charge < -0.3 is 15.5 Å². The number of rotatable bonds is 6. The number of carbonyl (C=O) groups is 1. The van der Waals surface area contributed by atoms with Gasteiger partial charge in [0.15, 0.2) is 0 Å². The van der Waals surface area contributed by atoms with Crippen LogP contribution in [0, 0.1) is 20.8 Å². The summed E-state index contributed by atoms with van der Waals surface area (Å²) in [6.07, 6.45) is 0. The number of sulfonamides is 1. The van der Waals surface area contributed by atoms with Gasteiger partial charge in [-0.05, 0) is 68.7 Å². The third kappa shape index (κ3) is 4.76. The smallest absolute Gasteiger partial charge is 0.262 e. The lowest BCUT2D eigenvalue weighted by Gasteiger charge is -2.31. The van der Waals surface area contributed by atoms with Crippen LogP contribution in [-0.4, -0.2) is 47.0 Å². The molecule has 8 heteroatoms. The highest BCUT2D eigenvalue weighted by atomic mass is 32.2. The third-order valence-corrected chi connectivity index (χ3v) is 6.89. The van der Waals surface area contributed by atoms with E-state index in [0.717, 1.165) is 43.0 Å². The Morgan fingerprint density at radius 3 is 2.37 bits per heavy atom. The van der Waals surface area contributed by atoms with E-state index in [9.17, 15) is 13.2 Å². The lowest BCUT2D eigenvalue weighted by atomic mass is 10.1. The minimum atomic E-state index is -3.82. The van der Waals surface area contributed by atoms with Crippen molar-refractivity contribution in [3.63, 3.8) is 0 Å². The molecule has 162 valence electrons. The van der Waals surface area contributed by atoms with Crippen LogP contribution < -0.4 is 20.3 Å². The fourth-order valence-electron chi connectivity index (χ4n) is 3.63. The number of amides is 1. The average Bonchev–Trinajstić information content (AvgIpc) is 2.71. The fourth-order valence-corrected chi connectivity index (χ4v) is 5.00. The molecule has 1 heterocycles. The van der Waals surface area contributed by atoms with Crippen LogP contribution in [0.15, 0.2) is 35.2 Å². The number of piperazine rings is 1. The van der Waals surface area contributed by atoms with Gasteiger partial charge in [0.05, 0.1) is 16.3 Å². The topological polar surface area (TPSA) is 90.5 Å². The van der Waals surface area contributed by atoms with Gasteiger partial charge in [-0.25, -0.2) is 8.42 Å². The lowest BCUT2D eigenvalue weighted by molar-refractivity contribution is 0.0956. The minimum Gasteiger partial charge on any atom is -0.367 e. The van der Waals surface area contributed by atoms with Gasteiger partial charge in [-0.2, -0.15) is 0 Å². The van der Waals surface area contributed by atoms with Gasteiger partial charge in [-0.3, -0.25) is 9.52 Å². The number of hydrogen-bond acceptors (Lipinski definition) is 5. The van der Waals surface area contributed by atoms with E-state index >= 15 is 0 Å². The molecule has 2 aromatic carbocycles. The maximum atomic E-state index is 13.3. The molecule has 1 aliphatic rings. The highest BCUT2D eigenvalue weighted by Crippen LogP contribution is 2.31. The Hall–Kier alpha value is -2.58. The first-order valence-electron chi connectivity index (χ1n) is 10.2. The molecule has 0 aromatic heterocycles. The van der Waals surface area contributed by atoms with E-state index in [1.807, 2.05) is 32.9 Å². The summed E-state index contributed by atoms with van der Waals surface area (Å²) < 4.78 is 29.3. The molecule has 0 unspecified atom stereocenters. The van der Waals surface area contributed by atoms with Gasteiger partial charge in [-0.15, -0.1) is 0 Å². The molecular formula is C22H30N4O3S. The van der Waals surface area contributed by atoms with Crippen molar-refractivity contribution < 1.29 is 13.2 Å². The average molecular weight is 431 g/mol. The quantitative estimate of drug-likeness (QED) is 0.655. The molecule has 0 atom stereocenters. The summed E-state index contributed by atoms with van der Waals surface area (Å²) in [6, 6.07) is 8.76. The van der Waals surface area contributed by atoms with Gasteiger partial charge in [0.1, 0.15) is 0 Å². The Morgan fingerprint density at radius 2 is 1.70 bits per heavy atom. The number of nitrogens with one attached hydrogen (secondary N) is 3. The zero-order valence-electron chi connectivity index (χ0n) is 18.0. The third-order valence-electron chi connectivity index (χ3n) is 5.38. The van der Waals surface area contributed by atoms with E-state index in [1.54, 1.807) is 25.1 Å². The second kappa shape index (κ2) is 9.06. The van der Waals surface area contributed by atoms with Crippen LogP contribution in [0.25, 0.3) is 0 Å². The molecule has 7 nitrogen and oxygen atoms in total. The molecule has 2 aromatic rings. The highest BCUT2D eigenvalue weighted by Gasteiger charge is 2.23. The predicted molar refractivity (Wildman–Crippen MR) is 121 cm³/mol. The predicted octanol–water partition coefficient (Wildman–Crippen LogP) is 2.57. The second-order valence-corrected chi connectivity index (χ2v) is 9.29. The number of aryl methyl sites for hydroxylation is 3. The number of anilines is 2. The molecule has 1 saturated heterocycles. The van der Waals surface area contributed by atoms with Gasteiger partial charge in [0, 0.05) is 38.3 Å². The van der Waals surface area contributed by atoms with Crippen LogP contribution in [0.3, 0.4) is 0 Å². The van der Waals surface area contributed by atoms with Crippen LogP contribution >= 0.6 is 0 Å². The number of benzene rings is 2. The Labute approximate surface area is 178 Å². The second-order valence-electron chi connectivity index (χ2n) is 7.64. The monoisotopic (exact) mass is 430 g/mol. The maximum absolute atomic E-state index is 13.3. The first-order chi connectivity index (χ1) is 14.2. The fraction of sp³-hybridized carbons (Fsp3) is 0.409. The summed E-state index contributed by atoms with van der Waals surface area (Å²) >= 11 is 0. The standard InChI is InChI=1S/C22H30N4O3S/c1-5-24-22(27)18-6-7-20(26-10-8-23-9-11-26)19(14-18)25-30(28,29)21-13-16(3)15(2)12-17(21)4/h6-7,12-14,23,25H,5,8-11H2,1-4H3,(H,24,27). The van der Waals surface area contributed by atoms with Crippen molar-refractivity contribution in [2.75, 3.05) is 42.3 Å². The summed E-state index contributed by atoms with van der Waals surface area (Å²) in [5, 5.41) is 6.06. The Bertz CT molecular complexity index is 1040. The molecule has 3 N–H and O–H groups in total. The number of nitrogens with zero attached hydrogens (tertiary/aromatic N) is 1. The lowest BCUT2D eigenvalue weighted by Crippen LogP contribution is -2.43. The van der Waals surface area contributed by atoms with Gasteiger partial charge in [-0.1, -0.05) is 6.07 Å². The van der Waals surface area contributed by atoms with Crippen LogP contribution in [0.1, 0.15) is 34.0 Å². The molecule has 0 radical (unpaired) electrons. The number of carbonyl (C=O) groups excluding carboxylic acids is 1. The summed E-state index contributed by atoms with van der Waals surface area (Å²) in [5.41, 5.74) is 4.26. The molecule has 0 spiro atoms. The summed E-state index contributed by atoms with van der Waals surface area (Å²) in [6.45, 7) is 11.2. The summed E-state index contributed by atoms with van der Waals surface area (Å²) in [5.74, 6) is -0.229. The van der Waals surface area contributed by atoms with E-state index in [4.69, 9.17) is 0 Å². The summed E-state index contributed by atoms with van der Waals surface area (Å²) in [7, 11) is -3.82.